The molecule has 8 nitrogen and oxygen atoms in total. The standard InChI is InChI=1S/C35H31F3N6O2/c1-2-24-28(37)7-4-19-10-23(45)11-25(29(19)24)31-30(38)32-27(14-40-31)33(43-16-21-5-6-22(17-43)41-21)26(13-39)34(42-32)46-18-35-8-3-9-44(35)15-20(36)12-35/h1,4,7,10-11,14,20-22,41,45H,3,5-6,8-9,12,15-18H2/t20-,21-,22+,35-/m0/s1. The van der Waals surface area contributed by atoms with Crippen molar-refractivity contribution in [2.45, 2.75) is 55.9 Å². The number of phenolic OH excluding ortho intramolecular Hbond substituents is 1. The predicted octanol–water partition coefficient (Wildman–Crippen LogP) is 5.18. The lowest BCUT2D eigenvalue weighted by atomic mass is 9.94. The highest BCUT2D eigenvalue weighted by Gasteiger charge is 2.49. The Kier molecular flexibility index (Phi) is 6.75. The van der Waals surface area contributed by atoms with Crippen LogP contribution in [0.2, 0.25) is 0 Å². The van der Waals surface area contributed by atoms with Gasteiger partial charge in [0.1, 0.15) is 47.2 Å². The number of aromatic nitrogens is 2. The fourth-order valence-electron chi connectivity index (χ4n) is 8.26. The summed E-state index contributed by atoms with van der Waals surface area (Å²) >= 11 is 0. The molecule has 2 N–H and O–H groups in total. The molecule has 2 aromatic heterocycles. The lowest BCUT2D eigenvalue weighted by Gasteiger charge is -2.36. The van der Waals surface area contributed by atoms with Crippen LogP contribution in [0.5, 0.6) is 11.6 Å². The van der Waals surface area contributed by atoms with Gasteiger partial charge < -0.3 is 20.1 Å². The minimum absolute atomic E-state index is 0.0217. The first-order valence-electron chi connectivity index (χ1n) is 15.7. The van der Waals surface area contributed by atoms with Gasteiger partial charge in [-0.05, 0) is 55.8 Å². The topological polar surface area (TPSA) is 97.5 Å². The molecule has 2 bridgehead atoms. The zero-order valence-corrected chi connectivity index (χ0v) is 25.0. The summed E-state index contributed by atoms with van der Waals surface area (Å²) in [5.74, 6) is 0.683. The van der Waals surface area contributed by atoms with Crippen molar-refractivity contribution in [1.29, 1.82) is 5.26 Å². The zero-order valence-electron chi connectivity index (χ0n) is 25.0. The molecule has 4 fully saturated rings. The highest BCUT2D eigenvalue weighted by molar-refractivity contribution is 6.04. The molecule has 0 spiro atoms. The largest absolute Gasteiger partial charge is 0.508 e. The Morgan fingerprint density at radius 3 is 2.72 bits per heavy atom. The fraction of sp³-hybridized carbons (Fsp3) is 0.400. The highest BCUT2D eigenvalue weighted by atomic mass is 19.1. The second-order valence-corrected chi connectivity index (χ2v) is 13.0. The summed E-state index contributed by atoms with van der Waals surface area (Å²) in [4.78, 5) is 13.3. The number of rotatable bonds is 5. The van der Waals surface area contributed by atoms with Gasteiger partial charge in [-0.1, -0.05) is 12.0 Å². The number of nitrogens with zero attached hydrogens (tertiary/aromatic N) is 5. The van der Waals surface area contributed by atoms with Crippen molar-refractivity contribution in [2.75, 3.05) is 37.7 Å². The second-order valence-electron chi connectivity index (χ2n) is 13.0. The number of terminal acetylenes is 1. The summed E-state index contributed by atoms with van der Waals surface area (Å²) in [5, 5.41) is 25.6. The molecule has 0 amide bonds. The Labute approximate surface area is 263 Å². The lowest BCUT2D eigenvalue weighted by Crippen LogP contribution is -2.51. The summed E-state index contributed by atoms with van der Waals surface area (Å²) in [6, 6.07) is 8.11. The molecule has 0 aliphatic carbocycles. The van der Waals surface area contributed by atoms with E-state index in [0.717, 1.165) is 32.2 Å². The lowest BCUT2D eigenvalue weighted by molar-refractivity contribution is 0.110. The van der Waals surface area contributed by atoms with E-state index in [9.17, 15) is 19.1 Å². The van der Waals surface area contributed by atoms with Gasteiger partial charge in [-0.15, -0.1) is 6.42 Å². The van der Waals surface area contributed by atoms with Crippen LogP contribution in [-0.4, -0.2) is 76.6 Å². The SMILES string of the molecule is C#Cc1c(F)ccc2cc(O)cc(-c3ncc4c(N5C[C@H]6CC[C@@H](C5)N6)c(C#N)c(OC[C@@]56CCCN5C[C@@H](F)C6)nc4c3F)c12. The van der Waals surface area contributed by atoms with E-state index >= 15 is 4.39 Å². The van der Waals surface area contributed by atoms with Crippen molar-refractivity contribution in [1.82, 2.24) is 20.2 Å². The van der Waals surface area contributed by atoms with E-state index in [1.807, 2.05) is 0 Å². The first-order chi connectivity index (χ1) is 22.3. The Balaban J connectivity index is 1.33. The third-order valence-electron chi connectivity index (χ3n) is 10.2. The van der Waals surface area contributed by atoms with E-state index in [2.05, 4.69) is 37.1 Å². The first kappa shape index (κ1) is 28.9. The van der Waals surface area contributed by atoms with E-state index in [1.54, 1.807) is 0 Å². The van der Waals surface area contributed by atoms with Gasteiger partial charge in [0.25, 0.3) is 0 Å². The minimum atomic E-state index is -0.961. The number of nitrogens with one attached hydrogen (secondary N) is 1. The number of nitriles is 1. The number of fused-ring (bicyclic) bond motifs is 5. The predicted molar refractivity (Wildman–Crippen MR) is 167 cm³/mol. The van der Waals surface area contributed by atoms with Gasteiger partial charge in [0.05, 0.1) is 16.8 Å². The molecule has 0 saturated carbocycles. The number of hydrogen-bond donors (Lipinski definition) is 2. The van der Waals surface area contributed by atoms with Crippen LogP contribution in [0.15, 0.2) is 30.5 Å². The van der Waals surface area contributed by atoms with E-state index < -0.39 is 23.3 Å². The molecule has 0 radical (unpaired) electrons. The first-order valence-corrected chi connectivity index (χ1v) is 15.7. The number of pyridine rings is 2. The number of alkyl halides is 1. The van der Waals surface area contributed by atoms with E-state index in [-0.39, 0.29) is 63.6 Å². The molecule has 2 aromatic carbocycles. The Morgan fingerprint density at radius 2 is 1.96 bits per heavy atom. The third kappa shape index (κ3) is 4.44. The zero-order chi connectivity index (χ0) is 31.7. The summed E-state index contributed by atoms with van der Waals surface area (Å²) in [6.07, 6.45) is 10.2. The Bertz CT molecular complexity index is 2000. The quantitative estimate of drug-likeness (QED) is 0.293. The van der Waals surface area contributed by atoms with Gasteiger partial charge in [-0.2, -0.15) is 5.26 Å². The molecule has 4 atom stereocenters. The van der Waals surface area contributed by atoms with E-state index in [0.29, 0.717) is 42.5 Å². The second kappa shape index (κ2) is 10.8. The number of anilines is 1. The number of ether oxygens (including phenoxy) is 1. The molecule has 0 unspecified atom stereocenters. The minimum Gasteiger partial charge on any atom is -0.508 e. The molecule has 4 aliphatic rings. The number of hydrogen-bond acceptors (Lipinski definition) is 8. The molecule has 234 valence electrons. The monoisotopic (exact) mass is 624 g/mol. The molecule has 46 heavy (non-hydrogen) atoms. The van der Waals surface area contributed by atoms with Crippen molar-refractivity contribution < 1.29 is 23.0 Å². The molecule has 11 heteroatoms. The van der Waals surface area contributed by atoms with Crippen LogP contribution in [0.1, 0.15) is 43.2 Å². The number of halogens is 3. The summed E-state index contributed by atoms with van der Waals surface area (Å²) in [6.45, 7) is 2.45. The van der Waals surface area contributed by atoms with Crippen LogP contribution in [0.25, 0.3) is 32.9 Å². The van der Waals surface area contributed by atoms with Crippen LogP contribution in [0.3, 0.4) is 0 Å². The fourth-order valence-corrected chi connectivity index (χ4v) is 8.26. The van der Waals surface area contributed by atoms with Gasteiger partial charge in [0, 0.05) is 60.7 Å². The van der Waals surface area contributed by atoms with E-state index in [1.165, 1.54) is 30.5 Å². The summed E-state index contributed by atoms with van der Waals surface area (Å²) in [5.41, 5.74) is -0.0611. The average Bonchev–Trinajstić information content (AvgIpc) is 3.69. The van der Waals surface area contributed by atoms with Crippen molar-refractivity contribution in [2.24, 2.45) is 0 Å². The number of benzene rings is 2. The van der Waals surface area contributed by atoms with Crippen molar-refractivity contribution in [3.63, 3.8) is 0 Å². The smallest absolute Gasteiger partial charge is 0.234 e. The van der Waals surface area contributed by atoms with E-state index in [4.69, 9.17) is 11.2 Å². The van der Waals surface area contributed by atoms with Gasteiger partial charge in [-0.3, -0.25) is 9.88 Å². The van der Waals surface area contributed by atoms with Gasteiger partial charge in [0.15, 0.2) is 5.82 Å². The van der Waals surface area contributed by atoms with Crippen molar-refractivity contribution in [3.05, 3.63) is 53.2 Å². The molecule has 8 rings (SSSR count). The van der Waals surface area contributed by atoms with Gasteiger partial charge in [-0.25, -0.2) is 18.2 Å². The molecular formula is C35H31F3N6O2. The molecule has 6 heterocycles. The van der Waals surface area contributed by atoms with Crippen LogP contribution >= 0.6 is 0 Å². The van der Waals surface area contributed by atoms with Crippen LogP contribution in [-0.2, 0) is 0 Å². The van der Waals surface area contributed by atoms with Crippen LogP contribution < -0.4 is 15.0 Å². The maximum Gasteiger partial charge on any atom is 0.234 e. The third-order valence-corrected chi connectivity index (χ3v) is 10.2. The molecule has 4 aliphatic heterocycles. The molecule has 4 aromatic rings. The average molecular weight is 625 g/mol. The Morgan fingerprint density at radius 1 is 1.15 bits per heavy atom. The molecular weight excluding hydrogens is 593 g/mol. The number of aromatic hydroxyl groups is 1. The Hall–Kier alpha value is -4.58. The normalized spacial score (nSPS) is 25.6. The van der Waals surface area contributed by atoms with Crippen molar-refractivity contribution >= 4 is 27.4 Å². The van der Waals surface area contributed by atoms with Crippen molar-refractivity contribution in [3.8, 4) is 41.3 Å². The maximum atomic E-state index is 16.9. The number of piperazine rings is 1. The van der Waals surface area contributed by atoms with Gasteiger partial charge >= 0.3 is 0 Å². The van der Waals surface area contributed by atoms with Gasteiger partial charge in [0.2, 0.25) is 5.88 Å². The highest BCUT2D eigenvalue weighted by Crippen LogP contribution is 2.44. The summed E-state index contributed by atoms with van der Waals surface area (Å²) in [7, 11) is 0. The maximum absolute atomic E-state index is 16.9. The summed E-state index contributed by atoms with van der Waals surface area (Å²) < 4.78 is 52.6. The number of phenols is 1. The van der Waals surface area contributed by atoms with Crippen LogP contribution in [0.4, 0.5) is 18.9 Å². The molecule has 4 saturated heterocycles. The van der Waals surface area contributed by atoms with Crippen LogP contribution in [0, 0.1) is 35.3 Å².